The number of hydrogen-bond donors (Lipinski definition) is 1. The Hall–Kier alpha value is -1.49. The van der Waals surface area contributed by atoms with Crippen molar-refractivity contribution in [3.05, 3.63) is 51.7 Å². The maximum Gasteiger partial charge on any atom is 0.262 e. The number of nitrogens with zero attached hydrogens (tertiary/aromatic N) is 1. The molecule has 0 aliphatic heterocycles. The number of benzene rings is 1. The summed E-state index contributed by atoms with van der Waals surface area (Å²) in [5.41, 5.74) is 0.423. The maximum atomic E-state index is 11.7. The van der Waals surface area contributed by atoms with Gasteiger partial charge in [-0.15, -0.1) is 0 Å². The van der Waals surface area contributed by atoms with Crippen molar-refractivity contribution in [1.29, 1.82) is 0 Å². The van der Waals surface area contributed by atoms with Crippen molar-refractivity contribution >= 4 is 46.4 Å². The van der Waals surface area contributed by atoms with E-state index >= 15 is 0 Å². The Morgan fingerprint density at radius 1 is 1.20 bits per heavy atom. The van der Waals surface area contributed by atoms with Crippen LogP contribution in [0.4, 0.5) is 5.69 Å². The van der Waals surface area contributed by atoms with Gasteiger partial charge in [0.25, 0.3) is 5.91 Å². The molecule has 0 aliphatic rings. The summed E-state index contributed by atoms with van der Waals surface area (Å²) in [6.07, 6.45) is 1.53. The Bertz CT molecular complexity index is 615. The van der Waals surface area contributed by atoms with Crippen LogP contribution in [-0.2, 0) is 4.79 Å². The maximum absolute atomic E-state index is 11.7. The first-order valence-electron chi connectivity index (χ1n) is 5.54. The van der Waals surface area contributed by atoms with Crippen LogP contribution in [0, 0.1) is 0 Å². The molecule has 2 aromatic rings. The number of pyridine rings is 1. The van der Waals surface area contributed by atoms with E-state index in [0.717, 1.165) is 0 Å². The lowest BCUT2D eigenvalue weighted by Gasteiger charge is -2.08. The highest BCUT2D eigenvalue weighted by atomic mass is 35.5. The first-order chi connectivity index (χ1) is 9.54. The Balaban J connectivity index is 1.94. The van der Waals surface area contributed by atoms with Gasteiger partial charge in [-0.1, -0.05) is 34.8 Å². The van der Waals surface area contributed by atoms with E-state index in [0.29, 0.717) is 21.5 Å². The second-order valence-electron chi connectivity index (χ2n) is 3.78. The third-order valence-corrected chi connectivity index (χ3v) is 2.98. The summed E-state index contributed by atoms with van der Waals surface area (Å²) in [6.45, 7) is -0.193. The molecule has 0 saturated carbocycles. The van der Waals surface area contributed by atoms with Crippen LogP contribution >= 0.6 is 34.8 Å². The Morgan fingerprint density at radius 3 is 2.55 bits per heavy atom. The molecule has 0 unspecified atom stereocenters. The average molecular weight is 332 g/mol. The number of anilines is 1. The van der Waals surface area contributed by atoms with Gasteiger partial charge in [0, 0.05) is 16.2 Å². The van der Waals surface area contributed by atoms with E-state index in [2.05, 4.69) is 10.3 Å². The van der Waals surface area contributed by atoms with Gasteiger partial charge in [0.2, 0.25) is 0 Å². The van der Waals surface area contributed by atoms with Gasteiger partial charge in [-0.25, -0.2) is 4.98 Å². The number of aromatic nitrogens is 1. The highest BCUT2D eigenvalue weighted by Gasteiger charge is 2.07. The van der Waals surface area contributed by atoms with E-state index < -0.39 is 0 Å². The fourth-order valence-electron chi connectivity index (χ4n) is 1.43. The lowest BCUT2D eigenvalue weighted by Crippen LogP contribution is -2.20. The standard InChI is InChI=1S/C13H9Cl3N2O2/c14-8-4-9(15)6-10(5-8)20-7-12(19)18-11-2-1-3-17-13(11)16/h1-6H,7H2,(H,18,19). The number of hydrogen-bond acceptors (Lipinski definition) is 3. The van der Waals surface area contributed by atoms with E-state index in [1.165, 1.54) is 6.20 Å². The molecule has 7 heteroatoms. The number of rotatable bonds is 4. The van der Waals surface area contributed by atoms with E-state index in [1.807, 2.05) is 0 Å². The Morgan fingerprint density at radius 2 is 1.90 bits per heavy atom. The first-order valence-corrected chi connectivity index (χ1v) is 6.67. The normalized spacial score (nSPS) is 10.2. The van der Waals surface area contributed by atoms with Gasteiger partial charge < -0.3 is 10.1 Å². The minimum atomic E-state index is -0.365. The number of halogens is 3. The summed E-state index contributed by atoms with van der Waals surface area (Å²) in [7, 11) is 0. The molecule has 0 atom stereocenters. The van der Waals surface area contributed by atoms with E-state index in [-0.39, 0.29) is 17.7 Å². The molecule has 20 heavy (non-hydrogen) atoms. The van der Waals surface area contributed by atoms with Crippen LogP contribution in [0.3, 0.4) is 0 Å². The zero-order chi connectivity index (χ0) is 14.5. The smallest absolute Gasteiger partial charge is 0.262 e. The minimum absolute atomic E-state index is 0.193. The average Bonchev–Trinajstić information content (AvgIpc) is 2.38. The number of amides is 1. The molecule has 1 aromatic carbocycles. The second kappa shape index (κ2) is 6.79. The summed E-state index contributed by atoms with van der Waals surface area (Å²) in [5, 5.41) is 3.67. The monoisotopic (exact) mass is 330 g/mol. The third-order valence-electron chi connectivity index (χ3n) is 2.24. The van der Waals surface area contributed by atoms with Crippen molar-refractivity contribution in [2.45, 2.75) is 0 Å². The van der Waals surface area contributed by atoms with Gasteiger partial charge in [0.1, 0.15) is 5.75 Å². The largest absolute Gasteiger partial charge is 0.484 e. The molecular weight excluding hydrogens is 323 g/mol. The molecule has 2 rings (SSSR count). The van der Waals surface area contributed by atoms with Gasteiger partial charge in [0.05, 0.1) is 5.69 Å². The molecule has 0 bridgehead atoms. The Kier molecular flexibility index (Phi) is 5.06. The zero-order valence-corrected chi connectivity index (χ0v) is 12.3. The van der Waals surface area contributed by atoms with Gasteiger partial charge in [-0.05, 0) is 30.3 Å². The van der Waals surface area contributed by atoms with Gasteiger partial charge >= 0.3 is 0 Å². The van der Waals surface area contributed by atoms with Crippen LogP contribution < -0.4 is 10.1 Å². The molecule has 0 aliphatic carbocycles. The van der Waals surface area contributed by atoms with Crippen molar-refractivity contribution in [2.75, 3.05) is 11.9 Å². The van der Waals surface area contributed by atoms with E-state index in [1.54, 1.807) is 30.3 Å². The second-order valence-corrected chi connectivity index (χ2v) is 5.01. The minimum Gasteiger partial charge on any atom is -0.484 e. The van der Waals surface area contributed by atoms with Crippen molar-refractivity contribution in [1.82, 2.24) is 4.98 Å². The number of nitrogens with one attached hydrogen (secondary N) is 1. The van der Waals surface area contributed by atoms with Crippen LogP contribution in [0.15, 0.2) is 36.5 Å². The van der Waals surface area contributed by atoms with Gasteiger partial charge in [-0.3, -0.25) is 4.79 Å². The molecule has 0 saturated heterocycles. The van der Waals surface area contributed by atoms with E-state index in [4.69, 9.17) is 39.5 Å². The molecule has 0 fully saturated rings. The van der Waals surface area contributed by atoms with Crippen LogP contribution in [0.5, 0.6) is 5.75 Å². The highest BCUT2D eigenvalue weighted by molar-refractivity contribution is 6.34. The van der Waals surface area contributed by atoms with Gasteiger partial charge in [-0.2, -0.15) is 0 Å². The molecular formula is C13H9Cl3N2O2. The quantitative estimate of drug-likeness (QED) is 0.860. The lowest BCUT2D eigenvalue weighted by atomic mass is 10.3. The van der Waals surface area contributed by atoms with E-state index in [9.17, 15) is 4.79 Å². The predicted octanol–water partition coefficient (Wildman–Crippen LogP) is 4.06. The molecule has 0 spiro atoms. The predicted molar refractivity (Wildman–Crippen MR) is 79.8 cm³/mol. The Labute approximate surface area is 130 Å². The number of carbonyl (C=O) groups is 1. The first kappa shape index (κ1) is 14.9. The molecule has 1 N–H and O–H groups in total. The highest BCUT2D eigenvalue weighted by Crippen LogP contribution is 2.24. The van der Waals surface area contributed by atoms with Crippen LogP contribution in [-0.4, -0.2) is 17.5 Å². The molecule has 1 amide bonds. The molecule has 1 aromatic heterocycles. The fourth-order valence-corrected chi connectivity index (χ4v) is 2.10. The number of carbonyl (C=O) groups excluding carboxylic acids is 1. The zero-order valence-electron chi connectivity index (χ0n) is 10.1. The summed E-state index contributed by atoms with van der Waals surface area (Å²) in [4.78, 5) is 15.6. The van der Waals surface area contributed by atoms with Crippen molar-refractivity contribution < 1.29 is 9.53 Å². The fraction of sp³-hybridized carbons (Fsp3) is 0.0769. The molecule has 0 radical (unpaired) electrons. The molecule has 1 heterocycles. The van der Waals surface area contributed by atoms with Crippen LogP contribution in [0.25, 0.3) is 0 Å². The van der Waals surface area contributed by atoms with Crippen molar-refractivity contribution in [3.63, 3.8) is 0 Å². The topological polar surface area (TPSA) is 51.2 Å². The van der Waals surface area contributed by atoms with Crippen molar-refractivity contribution in [3.8, 4) is 5.75 Å². The van der Waals surface area contributed by atoms with Crippen LogP contribution in [0.1, 0.15) is 0 Å². The molecule has 4 nitrogen and oxygen atoms in total. The molecule has 104 valence electrons. The summed E-state index contributed by atoms with van der Waals surface area (Å²) in [5.74, 6) is 0.0472. The summed E-state index contributed by atoms with van der Waals surface area (Å²) in [6, 6.07) is 8.02. The lowest BCUT2D eigenvalue weighted by molar-refractivity contribution is -0.118. The summed E-state index contributed by atoms with van der Waals surface area (Å²) >= 11 is 17.5. The SMILES string of the molecule is O=C(COc1cc(Cl)cc(Cl)c1)Nc1cccnc1Cl. The van der Waals surface area contributed by atoms with Crippen molar-refractivity contribution in [2.24, 2.45) is 0 Å². The summed E-state index contributed by atoms with van der Waals surface area (Å²) < 4.78 is 5.30. The van der Waals surface area contributed by atoms with Crippen LogP contribution in [0.2, 0.25) is 15.2 Å². The van der Waals surface area contributed by atoms with Gasteiger partial charge in [0.15, 0.2) is 11.8 Å². The number of ether oxygens (including phenoxy) is 1. The third kappa shape index (κ3) is 4.27.